The lowest BCUT2D eigenvalue weighted by atomic mass is 9.70. The Balaban J connectivity index is 1.90. The summed E-state index contributed by atoms with van der Waals surface area (Å²) in [6.45, 7) is 12.4. The van der Waals surface area contributed by atoms with Crippen LogP contribution in [0.1, 0.15) is 68.4 Å². The van der Waals surface area contributed by atoms with E-state index in [9.17, 15) is 14.1 Å². The van der Waals surface area contributed by atoms with Gasteiger partial charge in [-0.15, -0.1) is 0 Å². The molecule has 1 aliphatic rings. The maximum Gasteiger partial charge on any atom is 0.167 e. The minimum Gasteiger partial charge on any atom is -0.512 e. The van der Waals surface area contributed by atoms with Crippen LogP contribution in [0.3, 0.4) is 0 Å². The second-order valence-corrected chi connectivity index (χ2v) is 11.3. The number of carbonyl (C=O) groups is 1. The van der Waals surface area contributed by atoms with Gasteiger partial charge < -0.3 is 5.11 Å². The fourth-order valence-corrected chi connectivity index (χ4v) is 6.30. The van der Waals surface area contributed by atoms with E-state index in [0.29, 0.717) is 24.2 Å². The summed E-state index contributed by atoms with van der Waals surface area (Å²) in [5.41, 5.74) is 5.65. The summed E-state index contributed by atoms with van der Waals surface area (Å²) in [5.74, 6) is 0.602. The van der Waals surface area contributed by atoms with Crippen LogP contribution in [0.2, 0.25) is 0 Å². The molecule has 0 spiro atoms. The van der Waals surface area contributed by atoms with Gasteiger partial charge in [0, 0.05) is 23.5 Å². The second-order valence-electron chi connectivity index (χ2n) is 9.81. The Kier molecular flexibility index (Phi) is 7.44. The standard InChI is InChI=1S/C28H36O3S/c1-7-20-13-19(4)14-21(8-2)26(20)27-24(29)15-22(16-25(27)30)28(5,6)17-32(31)23-11-9-18(3)10-12-23/h9-14,22,29H,7-8,15-17H2,1-6H3. The summed E-state index contributed by atoms with van der Waals surface area (Å²) >= 11 is 0. The number of Topliss-reactive ketones (excluding diaryl/α,β-unsaturated/α-hetero) is 1. The smallest absolute Gasteiger partial charge is 0.167 e. The van der Waals surface area contributed by atoms with Crippen LogP contribution in [-0.2, 0) is 28.4 Å². The van der Waals surface area contributed by atoms with Crippen molar-refractivity contribution in [2.45, 2.75) is 72.1 Å². The van der Waals surface area contributed by atoms with Crippen LogP contribution in [0.15, 0.2) is 47.1 Å². The van der Waals surface area contributed by atoms with Gasteiger partial charge in [-0.25, -0.2) is 0 Å². The van der Waals surface area contributed by atoms with E-state index < -0.39 is 10.8 Å². The Morgan fingerprint density at radius 2 is 1.53 bits per heavy atom. The number of carbonyl (C=O) groups excluding carboxylic acids is 1. The van der Waals surface area contributed by atoms with Crippen molar-refractivity contribution in [1.29, 1.82) is 0 Å². The van der Waals surface area contributed by atoms with Crippen molar-refractivity contribution in [1.82, 2.24) is 0 Å². The Morgan fingerprint density at radius 1 is 0.969 bits per heavy atom. The minimum atomic E-state index is -1.15. The van der Waals surface area contributed by atoms with Crippen LogP contribution in [0.25, 0.3) is 5.57 Å². The highest BCUT2D eigenvalue weighted by atomic mass is 32.2. The summed E-state index contributed by atoms with van der Waals surface area (Å²) in [5, 5.41) is 11.1. The van der Waals surface area contributed by atoms with Crippen molar-refractivity contribution < 1.29 is 14.1 Å². The van der Waals surface area contributed by atoms with E-state index in [0.717, 1.165) is 40.0 Å². The van der Waals surface area contributed by atoms with Crippen molar-refractivity contribution in [2.75, 3.05) is 5.75 Å². The molecule has 1 N–H and O–H groups in total. The third kappa shape index (κ3) is 5.06. The predicted molar refractivity (Wildman–Crippen MR) is 133 cm³/mol. The quantitative estimate of drug-likeness (QED) is 0.521. The van der Waals surface area contributed by atoms with Gasteiger partial charge in [0.25, 0.3) is 0 Å². The van der Waals surface area contributed by atoms with Crippen LogP contribution in [0, 0.1) is 25.2 Å². The lowest BCUT2D eigenvalue weighted by Crippen LogP contribution is -2.35. The van der Waals surface area contributed by atoms with Crippen molar-refractivity contribution >= 4 is 22.2 Å². The van der Waals surface area contributed by atoms with Crippen molar-refractivity contribution in [3.63, 3.8) is 0 Å². The van der Waals surface area contributed by atoms with Crippen LogP contribution in [-0.4, -0.2) is 20.9 Å². The summed E-state index contributed by atoms with van der Waals surface area (Å²) in [7, 11) is -1.15. The first kappa shape index (κ1) is 24.4. The normalized spacial score (nSPS) is 18.2. The third-order valence-corrected chi connectivity index (χ3v) is 8.59. The fraction of sp³-hybridized carbons (Fsp3) is 0.464. The molecule has 2 unspecified atom stereocenters. The van der Waals surface area contributed by atoms with Gasteiger partial charge in [0.15, 0.2) is 5.78 Å². The highest BCUT2D eigenvalue weighted by Gasteiger charge is 2.39. The SMILES string of the molecule is CCc1cc(C)cc(CC)c1C1=C(O)CC(C(C)(C)CS(=O)c2ccc(C)cc2)CC1=O. The molecule has 0 amide bonds. The number of hydrogen-bond donors (Lipinski definition) is 1. The molecule has 0 bridgehead atoms. The molecular formula is C28H36O3S. The zero-order chi connectivity index (χ0) is 23.6. The highest BCUT2D eigenvalue weighted by molar-refractivity contribution is 7.85. The average Bonchev–Trinajstić information content (AvgIpc) is 2.73. The summed E-state index contributed by atoms with van der Waals surface area (Å²) in [6, 6.07) is 12.0. The molecule has 0 heterocycles. The number of aryl methyl sites for hydroxylation is 4. The largest absolute Gasteiger partial charge is 0.512 e. The maximum absolute atomic E-state index is 13.4. The van der Waals surface area contributed by atoms with Gasteiger partial charge in [-0.1, -0.05) is 63.1 Å². The number of rotatable bonds is 7. The Hall–Kier alpha value is -2.20. The molecule has 0 fully saturated rings. The number of aliphatic hydroxyl groups excluding tert-OH is 1. The number of ketones is 1. The molecule has 0 aromatic heterocycles. The first-order valence-corrected chi connectivity index (χ1v) is 12.9. The minimum absolute atomic E-state index is 0.00111. The molecule has 32 heavy (non-hydrogen) atoms. The highest BCUT2D eigenvalue weighted by Crippen LogP contribution is 2.43. The molecule has 172 valence electrons. The van der Waals surface area contributed by atoms with Crippen LogP contribution in [0.4, 0.5) is 0 Å². The van der Waals surface area contributed by atoms with Gasteiger partial charge in [0.05, 0.1) is 16.4 Å². The van der Waals surface area contributed by atoms with E-state index in [2.05, 4.69) is 46.8 Å². The molecule has 0 radical (unpaired) electrons. The van der Waals surface area contributed by atoms with Crippen molar-refractivity contribution in [2.24, 2.45) is 11.3 Å². The molecule has 2 atom stereocenters. The first-order valence-electron chi connectivity index (χ1n) is 11.6. The number of benzene rings is 2. The lowest BCUT2D eigenvalue weighted by molar-refractivity contribution is -0.116. The van der Waals surface area contributed by atoms with E-state index in [1.54, 1.807) is 0 Å². The summed E-state index contributed by atoms with van der Waals surface area (Å²) < 4.78 is 13.0. The van der Waals surface area contributed by atoms with Gasteiger partial charge in [0.1, 0.15) is 5.76 Å². The van der Waals surface area contributed by atoms with E-state index in [1.165, 1.54) is 5.56 Å². The van der Waals surface area contributed by atoms with Gasteiger partial charge in [-0.2, -0.15) is 0 Å². The van der Waals surface area contributed by atoms with Crippen LogP contribution in [0.5, 0.6) is 0 Å². The van der Waals surface area contributed by atoms with E-state index >= 15 is 0 Å². The molecule has 2 aromatic carbocycles. The van der Waals surface area contributed by atoms with Crippen LogP contribution < -0.4 is 0 Å². The molecule has 1 aliphatic carbocycles. The van der Waals surface area contributed by atoms with Gasteiger partial charge in [0.2, 0.25) is 0 Å². The summed E-state index contributed by atoms with van der Waals surface area (Å²) in [4.78, 5) is 14.2. The van der Waals surface area contributed by atoms with Gasteiger partial charge in [-0.05, 0) is 66.8 Å². The van der Waals surface area contributed by atoms with E-state index in [1.807, 2.05) is 31.2 Å². The maximum atomic E-state index is 13.4. The van der Waals surface area contributed by atoms with Crippen LogP contribution >= 0.6 is 0 Å². The van der Waals surface area contributed by atoms with Crippen molar-refractivity contribution in [3.8, 4) is 0 Å². The number of hydrogen-bond acceptors (Lipinski definition) is 3. The molecule has 2 aromatic rings. The monoisotopic (exact) mass is 452 g/mol. The zero-order valence-electron chi connectivity index (χ0n) is 20.2. The Bertz CT molecular complexity index is 1040. The molecular weight excluding hydrogens is 416 g/mol. The Labute approximate surface area is 195 Å². The molecule has 3 nitrogen and oxygen atoms in total. The average molecular weight is 453 g/mol. The third-order valence-electron chi connectivity index (χ3n) is 6.79. The van der Waals surface area contributed by atoms with Crippen molar-refractivity contribution in [3.05, 3.63) is 70.0 Å². The fourth-order valence-electron chi connectivity index (χ4n) is 4.78. The zero-order valence-corrected chi connectivity index (χ0v) is 21.1. The molecule has 0 saturated carbocycles. The molecule has 3 rings (SSSR count). The predicted octanol–water partition coefficient (Wildman–Crippen LogP) is 6.51. The molecule has 0 saturated heterocycles. The molecule has 0 aliphatic heterocycles. The molecule has 4 heteroatoms. The topological polar surface area (TPSA) is 54.4 Å². The number of allylic oxidation sites excluding steroid dienone is 2. The lowest BCUT2D eigenvalue weighted by Gasteiger charge is -2.37. The number of aliphatic hydroxyl groups is 1. The summed E-state index contributed by atoms with van der Waals surface area (Å²) in [6.07, 6.45) is 2.45. The van der Waals surface area contributed by atoms with Gasteiger partial charge in [-0.3, -0.25) is 9.00 Å². The first-order chi connectivity index (χ1) is 15.1. The van der Waals surface area contributed by atoms with E-state index in [4.69, 9.17) is 0 Å². The van der Waals surface area contributed by atoms with Gasteiger partial charge >= 0.3 is 0 Å². The second kappa shape index (κ2) is 9.74. The Morgan fingerprint density at radius 3 is 2.03 bits per heavy atom. The van der Waals surface area contributed by atoms with E-state index in [-0.39, 0.29) is 22.9 Å².